The number of anilines is 3. The van der Waals surface area contributed by atoms with Crippen LogP contribution in [0.3, 0.4) is 0 Å². The van der Waals surface area contributed by atoms with Gasteiger partial charge in [-0.3, -0.25) is 23.7 Å². The van der Waals surface area contributed by atoms with Gasteiger partial charge in [-0.15, -0.1) is 0 Å². The van der Waals surface area contributed by atoms with Gasteiger partial charge in [0.25, 0.3) is 0 Å². The lowest BCUT2D eigenvalue weighted by Gasteiger charge is -2.31. The monoisotopic (exact) mass is 682 g/mol. The van der Waals surface area contributed by atoms with Crippen LogP contribution in [0.25, 0.3) is 10.8 Å². The van der Waals surface area contributed by atoms with Crippen LogP contribution in [0.1, 0.15) is 30.2 Å². The number of nitrogens with one attached hydrogen (secondary N) is 1. The molecule has 5 aromatic rings. The summed E-state index contributed by atoms with van der Waals surface area (Å²) < 4.78 is 1.45. The Morgan fingerprint density at radius 2 is 1.57 bits per heavy atom. The van der Waals surface area contributed by atoms with Crippen molar-refractivity contribution in [2.75, 3.05) is 28.2 Å². The van der Waals surface area contributed by atoms with Gasteiger partial charge in [0, 0.05) is 45.7 Å². The number of benzene rings is 4. The molecule has 3 amide bonds. The molecule has 3 atom stereocenters. The number of hydrogen-bond donors (Lipinski definition) is 1. The van der Waals surface area contributed by atoms with E-state index in [2.05, 4.69) is 24.1 Å². The van der Waals surface area contributed by atoms with E-state index in [0.29, 0.717) is 26.3 Å². The molecule has 2 unspecified atom stereocenters. The summed E-state index contributed by atoms with van der Waals surface area (Å²) in [5, 5.41) is 5.13. The van der Waals surface area contributed by atoms with Crippen molar-refractivity contribution in [3.8, 4) is 0 Å². The predicted octanol–water partition coefficient (Wildman–Crippen LogP) is 7.00. The second-order valence-corrected chi connectivity index (χ2v) is 14.1. The Morgan fingerprint density at radius 1 is 0.872 bits per heavy atom. The summed E-state index contributed by atoms with van der Waals surface area (Å²) >= 11 is 8.35. The standard InChI is InChI=1S/C36H31ClN4O4S2/c1-3-39(4-2)24-16-12-22(13-17-24)29-30-31(34(44)41(33(30)43)25-18-14-23(37)15-19-25)46-35-32(29)47-36(45)40(35)20-28(42)38-27-11-7-9-21-8-5-6-10-26(21)27/h5-19,29-31H,3-4,20H2,1-2H3,(H,38,42)/t29-,30?,31?/m1/s1. The molecule has 1 saturated heterocycles. The topological polar surface area (TPSA) is 91.7 Å². The summed E-state index contributed by atoms with van der Waals surface area (Å²) in [4.78, 5) is 59.1. The number of thiazole rings is 1. The Labute approximate surface area is 284 Å². The molecular formula is C36H31ClN4O4S2. The molecule has 0 spiro atoms. The molecule has 0 saturated carbocycles. The number of thioether (sulfide) groups is 1. The van der Waals surface area contributed by atoms with E-state index in [0.717, 1.165) is 46.4 Å². The third-order valence-corrected chi connectivity index (χ3v) is 11.7. The molecule has 47 heavy (non-hydrogen) atoms. The number of carbonyl (C=O) groups excluding carboxylic acids is 3. The molecule has 2 aliphatic heterocycles. The fourth-order valence-corrected chi connectivity index (χ4v) is 9.51. The molecular weight excluding hydrogens is 652 g/mol. The van der Waals surface area contributed by atoms with Crippen LogP contribution in [0.2, 0.25) is 5.02 Å². The molecule has 2 aliphatic rings. The normalized spacial score (nSPS) is 18.7. The molecule has 8 nitrogen and oxygen atoms in total. The molecule has 0 radical (unpaired) electrons. The van der Waals surface area contributed by atoms with Crippen molar-refractivity contribution in [3.63, 3.8) is 0 Å². The van der Waals surface area contributed by atoms with Gasteiger partial charge in [0.1, 0.15) is 11.8 Å². The minimum Gasteiger partial charge on any atom is -0.372 e. The molecule has 1 aromatic heterocycles. The summed E-state index contributed by atoms with van der Waals surface area (Å²) in [6, 6.07) is 28.1. The first-order valence-electron chi connectivity index (χ1n) is 15.4. The van der Waals surface area contributed by atoms with Gasteiger partial charge in [-0.1, -0.05) is 83.2 Å². The van der Waals surface area contributed by atoms with Gasteiger partial charge in [0.2, 0.25) is 17.7 Å². The minimum absolute atomic E-state index is 0.227. The number of carbonyl (C=O) groups is 3. The summed E-state index contributed by atoms with van der Waals surface area (Å²) in [6.07, 6.45) is 0. The van der Waals surface area contributed by atoms with Gasteiger partial charge < -0.3 is 10.2 Å². The average molecular weight is 683 g/mol. The highest BCUT2D eigenvalue weighted by Gasteiger charge is 2.56. The van der Waals surface area contributed by atoms with Gasteiger partial charge >= 0.3 is 4.87 Å². The number of nitrogens with zero attached hydrogens (tertiary/aromatic N) is 3. The maximum Gasteiger partial charge on any atom is 0.308 e. The van der Waals surface area contributed by atoms with Gasteiger partial charge in [-0.05, 0) is 67.3 Å². The molecule has 1 N–H and O–H groups in total. The Bertz CT molecular complexity index is 2070. The third kappa shape index (κ3) is 5.54. The zero-order valence-electron chi connectivity index (χ0n) is 25.7. The SMILES string of the molecule is CCN(CC)c1ccc([C@H]2c3sc(=O)n(CC(=O)Nc4cccc5ccccc45)c3SC3C(=O)N(c4ccc(Cl)cc4)C(=O)C32)cc1. The number of imide groups is 1. The maximum absolute atomic E-state index is 14.2. The molecule has 7 rings (SSSR count). The van der Waals surface area contributed by atoms with Crippen molar-refractivity contribution >= 4 is 80.3 Å². The highest BCUT2D eigenvalue weighted by Crippen LogP contribution is 2.54. The lowest BCUT2D eigenvalue weighted by atomic mass is 9.83. The minimum atomic E-state index is -0.778. The van der Waals surface area contributed by atoms with Crippen LogP contribution in [0.15, 0.2) is 101 Å². The van der Waals surface area contributed by atoms with Crippen molar-refractivity contribution in [2.45, 2.75) is 36.6 Å². The molecule has 0 bridgehead atoms. The lowest BCUT2D eigenvalue weighted by molar-refractivity contribution is -0.122. The summed E-state index contributed by atoms with van der Waals surface area (Å²) in [6.45, 7) is 5.65. The van der Waals surface area contributed by atoms with Crippen molar-refractivity contribution < 1.29 is 14.4 Å². The van der Waals surface area contributed by atoms with E-state index in [9.17, 15) is 19.2 Å². The van der Waals surface area contributed by atoms with E-state index < -0.39 is 17.1 Å². The van der Waals surface area contributed by atoms with Crippen molar-refractivity contribution in [2.24, 2.45) is 5.92 Å². The summed E-state index contributed by atoms with van der Waals surface area (Å²) in [5.41, 5.74) is 2.99. The Morgan fingerprint density at radius 3 is 2.30 bits per heavy atom. The molecule has 1 fully saturated rings. The molecule has 238 valence electrons. The zero-order valence-corrected chi connectivity index (χ0v) is 28.1. The van der Waals surface area contributed by atoms with Crippen LogP contribution in [0.4, 0.5) is 17.1 Å². The zero-order chi connectivity index (χ0) is 32.8. The number of hydrogen-bond acceptors (Lipinski definition) is 7. The van der Waals surface area contributed by atoms with E-state index in [-0.39, 0.29) is 29.1 Å². The molecule has 3 heterocycles. The first-order chi connectivity index (χ1) is 22.8. The van der Waals surface area contributed by atoms with Crippen LogP contribution in [0.5, 0.6) is 0 Å². The third-order valence-electron chi connectivity index (χ3n) is 8.88. The number of halogens is 1. The van der Waals surface area contributed by atoms with E-state index in [1.54, 1.807) is 24.3 Å². The molecule has 4 aromatic carbocycles. The molecule has 11 heteroatoms. The average Bonchev–Trinajstić information content (AvgIpc) is 3.52. The number of rotatable bonds is 8. The smallest absolute Gasteiger partial charge is 0.308 e. The maximum atomic E-state index is 14.2. The van der Waals surface area contributed by atoms with Crippen LogP contribution in [-0.2, 0) is 20.9 Å². The van der Waals surface area contributed by atoms with Gasteiger partial charge in [0.15, 0.2) is 0 Å². The lowest BCUT2D eigenvalue weighted by Crippen LogP contribution is -2.33. The largest absolute Gasteiger partial charge is 0.372 e. The second-order valence-electron chi connectivity index (χ2n) is 11.5. The Hall–Kier alpha value is -4.38. The number of amides is 3. The van der Waals surface area contributed by atoms with E-state index in [1.165, 1.54) is 21.2 Å². The first kappa shape index (κ1) is 31.2. The van der Waals surface area contributed by atoms with E-state index in [4.69, 9.17) is 11.6 Å². The highest BCUT2D eigenvalue weighted by molar-refractivity contribution is 8.00. The molecule has 0 aliphatic carbocycles. The number of aromatic nitrogens is 1. The summed E-state index contributed by atoms with van der Waals surface area (Å²) in [5.74, 6) is -2.31. The van der Waals surface area contributed by atoms with Crippen molar-refractivity contribution in [1.82, 2.24) is 4.57 Å². The Kier molecular flexibility index (Phi) is 8.42. The quantitative estimate of drug-likeness (QED) is 0.177. The first-order valence-corrected chi connectivity index (χ1v) is 17.5. The van der Waals surface area contributed by atoms with Gasteiger partial charge in [-0.25, -0.2) is 4.90 Å². The Balaban J connectivity index is 1.28. The van der Waals surface area contributed by atoms with Crippen molar-refractivity contribution in [3.05, 3.63) is 116 Å². The van der Waals surface area contributed by atoms with Gasteiger partial charge in [0.05, 0.1) is 16.6 Å². The van der Waals surface area contributed by atoms with E-state index >= 15 is 0 Å². The van der Waals surface area contributed by atoms with Crippen molar-refractivity contribution in [1.29, 1.82) is 0 Å². The predicted molar refractivity (Wildman–Crippen MR) is 190 cm³/mol. The number of fused-ring (bicyclic) bond motifs is 3. The fourth-order valence-electron chi connectivity index (χ4n) is 6.61. The van der Waals surface area contributed by atoms with Crippen LogP contribution < -0.4 is 20.0 Å². The van der Waals surface area contributed by atoms with Crippen LogP contribution >= 0.6 is 34.7 Å². The van der Waals surface area contributed by atoms with Gasteiger partial charge in [-0.2, -0.15) is 0 Å². The fraction of sp³-hybridized carbons (Fsp3) is 0.222. The summed E-state index contributed by atoms with van der Waals surface area (Å²) in [7, 11) is 0. The van der Waals surface area contributed by atoms with Crippen LogP contribution in [-0.4, -0.2) is 40.6 Å². The second kappa shape index (κ2) is 12.7. The van der Waals surface area contributed by atoms with E-state index in [1.807, 2.05) is 66.7 Å². The van der Waals surface area contributed by atoms with Crippen LogP contribution in [0, 0.1) is 5.92 Å². The highest BCUT2D eigenvalue weighted by atomic mass is 35.5.